The normalized spacial score (nSPS) is 17.2. The summed E-state index contributed by atoms with van der Waals surface area (Å²) in [4.78, 5) is 15.0. The van der Waals surface area contributed by atoms with Gasteiger partial charge in [-0.15, -0.1) is 0 Å². The summed E-state index contributed by atoms with van der Waals surface area (Å²) in [6.07, 6.45) is -0.431. The lowest BCUT2D eigenvalue weighted by molar-refractivity contribution is -0.124. The summed E-state index contributed by atoms with van der Waals surface area (Å²) in [5, 5.41) is 2.27. The number of nitrogens with zero attached hydrogens (tertiary/aromatic N) is 1. The van der Waals surface area contributed by atoms with E-state index in [0.29, 0.717) is 13.0 Å². The molecule has 0 aromatic heterocycles. The number of carbonyl (C=O) groups excluding carboxylic acids is 1. The Balaban J connectivity index is 1.81. The number of para-hydroxylation sites is 1. The highest BCUT2D eigenvalue weighted by Crippen LogP contribution is 2.39. The van der Waals surface area contributed by atoms with Crippen LogP contribution in [0.4, 0.5) is 5.69 Å². The molecule has 4 rings (SSSR count). The second-order valence-electron chi connectivity index (χ2n) is 9.93. The van der Waals surface area contributed by atoms with Crippen LogP contribution in [-0.2, 0) is 20.6 Å². The third kappa shape index (κ3) is 4.36. The summed E-state index contributed by atoms with van der Waals surface area (Å²) in [6, 6.07) is 29.2. The van der Waals surface area contributed by atoms with Gasteiger partial charge >= 0.3 is 0 Å². The zero-order valence-electron chi connectivity index (χ0n) is 20.8. The molecule has 34 heavy (non-hydrogen) atoms. The zero-order chi connectivity index (χ0) is 24.3. The fourth-order valence-electron chi connectivity index (χ4n) is 5.08. The van der Waals surface area contributed by atoms with E-state index in [-0.39, 0.29) is 17.0 Å². The Morgan fingerprint density at radius 2 is 1.50 bits per heavy atom. The van der Waals surface area contributed by atoms with Crippen LogP contribution in [0.15, 0.2) is 84.9 Å². The molecule has 1 aliphatic heterocycles. The van der Waals surface area contributed by atoms with E-state index in [1.165, 1.54) is 10.4 Å². The Bertz CT molecular complexity index is 1070. The molecule has 5 heteroatoms. The molecule has 0 fully saturated rings. The number of ether oxygens (including phenoxy) is 1. The molecule has 0 aliphatic carbocycles. The summed E-state index contributed by atoms with van der Waals surface area (Å²) >= 11 is 0. The number of hydrogen-bond donors (Lipinski definition) is 0. The molecule has 1 amide bonds. The summed E-state index contributed by atoms with van der Waals surface area (Å²) < 4.78 is 13.6. The molecule has 0 bridgehead atoms. The maximum Gasteiger partial charge on any atom is 0.261 e. The van der Waals surface area contributed by atoms with E-state index in [2.05, 4.69) is 69.3 Å². The van der Waals surface area contributed by atoms with E-state index >= 15 is 0 Å². The molecule has 2 atom stereocenters. The lowest BCUT2D eigenvalue weighted by Gasteiger charge is -2.47. The highest BCUT2D eigenvalue weighted by atomic mass is 28.4. The van der Waals surface area contributed by atoms with Crippen LogP contribution in [0.5, 0.6) is 0 Å². The van der Waals surface area contributed by atoms with E-state index in [1.807, 2.05) is 50.2 Å². The predicted octanol–water partition coefficient (Wildman–Crippen LogP) is 5.25. The van der Waals surface area contributed by atoms with Gasteiger partial charge in [0.15, 0.2) is 6.23 Å². The van der Waals surface area contributed by atoms with Crippen molar-refractivity contribution in [2.24, 2.45) is 0 Å². The minimum atomic E-state index is -2.78. The maximum atomic E-state index is 13.1. The fourth-order valence-corrected chi connectivity index (χ4v) is 9.76. The van der Waals surface area contributed by atoms with Gasteiger partial charge in [-0.2, -0.15) is 0 Å². The van der Waals surface area contributed by atoms with E-state index in [1.54, 1.807) is 4.90 Å². The molecule has 4 nitrogen and oxygen atoms in total. The van der Waals surface area contributed by atoms with Crippen molar-refractivity contribution in [2.45, 2.75) is 65.0 Å². The summed E-state index contributed by atoms with van der Waals surface area (Å²) in [5.41, 5.74) is 1.95. The standard InChI is InChI=1S/C29H35NO3Si/c1-6-27(31)30-26-20-14-13-15-23(26)21-32-28(30)22(2)33-34(29(3,4)5,24-16-9-7-10-17-24)25-18-11-8-12-19-25/h7-20,22,28H,6,21H2,1-5H3/t22-,28+/m0/s1. The fraction of sp³-hybridized carbons (Fsp3) is 0.345. The molecule has 0 N–H and O–H groups in total. The molecular formula is C29H35NO3Si. The van der Waals surface area contributed by atoms with Gasteiger partial charge in [-0.3, -0.25) is 9.69 Å². The molecule has 3 aromatic carbocycles. The zero-order valence-corrected chi connectivity index (χ0v) is 21.8. The van der Waals surface area contributed by atoms with Gasteiger partial charge in [0.1, 0.15) is 0 Å². The Morgan fingerprint density at radius 1 is 0.971 bits per heavy atom. The lowest BCUT2D eigenvalue weighted by atomic mass is 10.1. The third-order valence-electron chi connectivity index (χ3n) is 6.67. The number of anilines is 1. The van der Waals surface area contributed by atoms with Gasteiger partial charge in [0.2, 0.25) is 5.91 Å². The van der Waals surface area contributed by atoms with Crippen LogP contribution in [0.25, 0.3) is 0 Å². The van der Waals surface area contributed by atoms with Gasteiger partial charge < -0.3 is 9.16 Å². The van der Waals surface area contributed by atoms with Gasteiger partial charge in [-0.25, -0.2) is 0 Å². The number of carbonyl (C=O) groups is 1. The molecule has 0 radical (unpaired) electrons. The van der Waals surface area contributed by atoms with Crippen molar-refractivity contribution in [1.82, 2.24) is 0 Å². The van der Waals surface area contributed by atoms with Crippen molar-refractivity contribution in [3.8, 4) is 0 Å². The van der Waals surface area contributed by atoms with Crippen molar-refractivity contribution in [2.75, 3.05) is 4.90 Å². The smallest absolute Gasteiger partial charge is 0.261 e. The van der Waals surface area contributed by atoms with Crippen molar-refractivity contribution in [3.05, 3.63) is 90.5 Å². The van der Waals surface area contributed by atoms with Crippen LogP contribution in [0.2, 0.25) is 5.04 Å². The number of fused-ring (bicyclic) bond motifs is 1. The predicted molar refractivity (Wildman–Crippen MR) is 141 cm³/mol. The Labute approximate surface area is 204 Å². The molecular weight excluding hydrogens is 438 g/mol. The Kier molecular flexibility index (Phi) is 7.08. The van der Waals surface area contributed by atoms with Crippen molar-refractivity contribution >= 4 is 30.3 Å². The quantitative estimate of drug-likeness (QED) is 0.459. The maximum absolute atomic E-state index is 13.1. The van der Waals surface area contributed by atoms with Gasteiger partial charge in [0, 0.05) is 12.0 Å². The van der Waals surface area contributed by atoms with Gasteiger partial charge in [0.25, 0.3) is 8.32 Å². The van der Waals surface area contributed by atoms with Gasteiger partial charge in [-0.1, -0.05) is 107 Å². The lowest BCUT2D eigenvalue weighted by Crippen LogP contribution is -2.69. The Hall–Kier alpha value is -2.73. The van der Waals surface area contributed by atoms with E-state index in [9.17, 15) is 4.79 Å². The van der Waals surface area contributed by atoms with Gasteiger partial charge in [-0.05, 0) is 28.4 Å². The molecule has 1 aliphatic rings. The summed E-state index contributed by atoms with van der Waals surface area (Å²) in [5.74, 6) is 0.0371. The number of amides is 1. The topological polar surface area (TPSA) is 38.8 Å². The first kappa shape index (κ1) is 24.4. The molecule has 3 aromatic rings. The average molecular weight is 474 g/mol. The van der Waals surface area contributed by atoms with E-state index < -0.39 is 14.5 Å². The minimum absolute atomic E-state index is 0.0371. The first-order valence-electron chi connectivity index (χ1n) is 12.1. The Morgan fingerprint density at radius 3 is 2.03 bits per heavy atom. The van der Waals surface area contributed by atoms with Crippen LogP contribution in [0, 0.1) is 0 Å². The van der Waals surface area contributed by atoms with Crippen LogP contribution in [0.3, 0.4) is 0 Å². The molecule has 0 unspecified atom stereocenters. The first-order chi connectivity index (χ1) is 16.3. The van der Waals surface area contributed by atoms with E-state index in [4.69, 9.17) is 9.16 Å². The van der Waals surface area contributed by atoms with Crippen LogP contribution < -0.4 is 15.3 Å². The van der Waals surface area contributed by atoms with Crippen molar-refractivity contribution in [1.29, 1.82) is 0 Å². The average Bonchev–Trinajstić information content (AvgIpc) is 2.86. The largest absolute Gasteiger partial charge is 0.400 e. The third-order valence-corrected chi connectivity index (χ3v) is 11.8. The van der Waals surface area contributed by atoms with Crippen molar-refractivity contribution in [3.63, 3.8) is 0 Å². The van der Waals surface area contributed by atoms with Crippen molar-refractivity contribution < 1.29 is 14.0 Å². The first-order valence-corrected chi connectivity index (χ1v) is 14.0. The number of rotatable bonds is 6. The molecule has 178 valence electrons. The van der Waals surface area contributed by atoms with Gasteiger partial charge in [0.05, 0.1) is 18.4 Å². The molecule has 0 saturated carbocycles. The highest BCUT2D eigenvalue weighted by Gasteiger charge is 2.52. The highest BCUT2D eigenvalue weighted by molar-refractivity contribution is 6.99. The monoisotopic (exact) mass is 473 g/mol. The number of hydrogen-bond acceptors (Lipinski definition) is 3. The SMILES string of the molecule is CCC(=O)N1c2ccccc2CO[C@@H]1[C@H](C)O[Si](c1ccccc1)(c1ccccc1)C(C)(C)C. The van der Waals surface area contributed by atoms with Crippen LogP contribution >= 0.6 is 0 Å². The molecule has 0 saturated heterocycles. The summed E-state index contributed by atoms with van der Waals surface area (Å²) in [7, 11) is -2.78. The van der Waals surface area contributed by atoms with Crippen LogP contribution in [0.1, 0.15) is 46.6 Å². The summed E-state index contributed by atoms with van der Waals surface area (Å²) in [6.45, 7) is 11.2. The van der Waals surface area contributed by atoms with E-state index in [0.717, 1.165) is 11.3 Å². The van der Waals surface area contributed by atoms with Crippen LogP contribution in [-0.4, -0.2) is 26.6 Å². The molecule has 1 heterocycles. The minimum Gasteiger partial charge on any atom is -0.400 e. The number of benzene rings is 3. The second kappa shape index (κ2) is 9.86. The second-order valence-corrected chi connectivity index (χ2v) is 14.2. The molecule has 0 spiro atoms.